The molecule has 0 aromatic heterocycles. The van der Waals surface area contributed by atoms with Gasteiger partial charge < -0.3 is 14.7 Å². The summed E-state index contributed by atoms with van der Waals surface area (Å²) in [5.41, 5.74) is 1.06. The second-order valence-electron chi connectivity index (χ2n) is 6.22. The zero-order chi connectivity index (χ0) is 18.7. The van der Waals surface area contributed by atoms with E-state index in [9.17, 15) is 19.5 Å². The van der Waals surface area contributed by atoms with Crippen LogP contribution in [0.25, 0.3) is 0 Å². The van der Waals surface area contributed by atoms with Crippen LogP contribution in [0.5, 0.6) is 0 Å². The number of hydrogen-bond acceptors (Lipinski definition) is 4. The van der Waals surface area contributed by atoms with Gasteiger partial charge >= 0.3 is 5.97 Å². The molecule has 0 radical (unpaired) electrons. The van der Waals surface area contributed by atoms with Gasteiger partial charge in [-0.1, -0.05) is 48.5 Å². The maximum atomic E-state index is 13.0. The highest BCUT2D eigenvalue weighted by Gasteiger charge is 2.34. The molecule has 1 saturated heterocycles. The van der Waals surface area contributed by atoms with Crippen LogP contribution in [0.2, 0.25) is 0 Å². The Hall–Kier alpha value is -2.99. The monoisotopic (exact) mass is 353 g/mol. The van der Waals surface area contributed by atoms with E-state index in [2.05, 4.69) is 0 Å². The van der Waals surface area contributed by atoms with Crippen molar-refractivity contribution in [2.75, 3.05) is 13.1 Å². The SMILES string of the molecule is C[C@@H]1CN(C(=O)c2ccccc2C(=O)c2ccccc2)CC(C(=O)O)O1. The normalized spacial score (nSPS) is 19.8. The first-order valence-corrected chi connectivity index (χ1v) is 8.33. The number of amides is 1. The largest absolute Gasteiger partial charge is 0.479 e. The lowest BCUT2D eigenvalue weighted by Gasteiger charge is -2.35. The minimum Gasteiger partial charge on any atom is -0.479 e. The van der Waals surface area contributed by atoms with Gasteiger partial charge in [-0.3, -0.25) is 9.59 Å². The molecule has 6 nitrogen and oxygen atoms in total. The fraction of sp³-hybridized carbons (Fsp3) is 0.250. The number of carboxylic acids is 1. The lowest BCUT2D eigenvalue weighted by molar-refractivity contribution is -0.160. The molecule has 0 saturated carbocycles. The van der Waals surface area contributed by atoms with Crippen molar-refractivity contribution in [2.24, 2.45) is 0 Å². The van der Waals surface area contributed by atoms with Crippen molar-refractivity contribution in [2.45, 2.75) is 19.1 Å². The molecule has 2 aromatic carbocycles. The number of rotatable bonds is 4. The number of hydrogen-bond donors (Lipinski definition) is 1. The highest BCUT2D eigenvalue weighted by atomic mass is 16.5. The van der Waals surface area contributed by atoms with Crippen LogP contribution >= 0.6 is 0 Å². The van der Waals surface area contributed by atoms with Crippen molar-refractivity contribution in [3.8, 4) is 0 Å². The summed E-state index contributed by atoms with van der Waals surface area (Å²) < 4.78 is 5.35. The van der Waals surface area contributed by atoms with E-state index in [1.807, 2.05) is 6.07 Å². The molecule has 1 unspecified atom stereocenters. The smallest absolute Gasteiger partial charge is 0.334 e. The second-order valence-corrected chi connectivity index (χ2v) is 6.22. The van der Waals surface area contributed by atoms with Crippen LogP contribution in [0.1, 0.15) is 33.2 Å². The molecule has 3 rings (SSSR count). The summed E-state index contributed by atoms with van der Waals surface area (Å²) in [6, 6.07) is 15.3. The van der Waals surface area contributed by atoms with E-state index < -0.39 is 18.2 Å². The predicted octanol–water partition coefficient (Wildman–Crippen LogP) is 2.23. The van der Waals surface area contributed by atoms with Crippen LogP contribution in [0.3, 0.4) is 0 Å². The third kappa shape index (κ3) is 3.65. The van der Waals surface area contributed by atoms with Gasteiger partial charge in [-0.05, 0) is 13.0 Å². The van der Waals surface area contributed by atoms with Crippen LogP contribution in [0.4, 0.5) is 0 Å². The highest BCUT2D eigenvalue weighted by Crippen LogP contribution is 2.20. The quantitative estimate of drug-likeness (QED) is 0.852. The molecule has 6 heteroatoms. The molecule has 1 amide bonds. The van der Waals surface area contributed by atoms with Crippen LogP contribution in [0, 0.1) is 0 Å². The number of aliphatic carboxylic acids is 1. The first-order valence-electron chi connectivity index (χ1n) is 8.33. The van der Waals surface area contributed by atoms with E-state index in [1.165, 1.54) is 4.90 Å². The molecule has 1 N–H and O–H groups in total. The zero-order valence-electron chi connectivity index (χ0n) is 14.3. The van der Waals surface area contributed by atoms with Crippen LogP contribution in [-0.2, 0) is 9.53 Å². The third-order valence-corrected chi connectivity index (χ3v) is 4.26. The number of ether oxygens (including phenoxy) is 1. The molecule has 1 heterocycles. The standard InChI is InChI=1S/C20H19NO5/c1-13-11-21(12-17(26-13)20(24)25)19(23)16-10-6-5-9-15(16)18(22)14-7-3-2-4-8-14/h2-10,13,17H,11-12H2,1H3,(H,24,25)/t13-,17?/m1/s1. The van der Waals surface area contributed by atoms with Crippen LogP contribution in [0.15, 0.2) is 54.6 Å². The van der Waals surface area contributed by atoms with Crippen LogP contribution < -0.4 is 0 Å². The summed E-state index contributed by atoms with van der Waals surface area (Å²) in [5.74, 6) is -1.72. The Morgan fingerprint density at radius 1 is 0.962 bits per heavy atom. The van der Waals surface area contributed by atoms with Gasteiger partial charge in [0.2, 0.25) is 0 Å². The van der Waals surface area contributed by atoms with Gasteiger partial charge in [-0.25, -0.2) is 4.79 Å². The number of ketones is 1. The molecule has 1 fully saturated rings. The maximum absolute atomic E-state index is 13.0. The van der Waals surface area contributed by atoms with Gasteiger partial charge in [-0.15, -0.1) is 0 Å². The van der Waals surface area contributed by atoms with Gasteiger partial charge in [0, 0.05) is 17.7 Å². The Labute approximate surface area is 151 Å². The van der Waals surface area contributed by atoms with Gasteiger partial charge in [-0.2, -0.15) is 0 Å². The molecule has 0 spiro atoms. The summed E-state index contributed by atoms with van der Waals surface area (Å²) in [6.45, 7) is 1.94. The number of nitrogens with zero attached hydrogens (tertiary/aromatic N) is 1. The second kappa shape index (κ2) is 7.49. The Morgan fingerprint density at radius 3 is 2.23 bits per heavy atom. The Kier molecular flexibility index (Phi) is 5.14. The molecule has 2 aromatic rings. The maximum Gasteiger partial charge on any atom is 0.334 e. The molecule has 0 bridgehead atoms. The average molecular weight is 353 g/mol. The number of morpholine rings is 1. The van der Waals surface area contributed by atoms with Gasteiger partial charge in [0.15, 0.2) is 11.9 Å². The molecule has 1 aliphatic heterocycles. The fourth-order valence-electron chi connectivity index (χ4n) is 3.04. The fourth-order valence-corrected chi connectivity index (χ4v) is 3.04. The number of carbonyl (C=O) groups excluding carboxylic acids is 2. The van der Waals surface area contributed by atoms with E-state index in [1.54, 1.807) is 55.5 Å². The number of benzene rings is 2. The van der Waals surface area contributed by atoms with E-state index in [0.717, 1.165) is 0 Å². The summed E-state index contributed by atoms with van der Waals surface area (Å²) >= 11 is 0. The Balaban J connectivity index is 1.91. The molecular formula is C20H19NO5. The predicted molar refractivity (Wildman–Crippen MR) is 94.2 cm³/mol. The number of carbonyl (C=O) groups is 3. The van der Waals surface area contributed by atoms with Crippen molar-refractivity contribution in [3.05, 3.63) is 71.3 Å². The highest BCUT2D eigenvalue weighted by molar-refractivity contribution is 6.15. The van der Waals surface area contributed by atoms with Crippen LogP contribution in [-0.4, -0.2) is 53.0 Å². The summed E-state index contributed by atoms with van der Waals surface area (Å²) in [7, 11) is 0. The summed E-state index contributed by atoms with van der Waals surface area (Å²) in [4.78, 5) is 38.5. The van der Waals surface area contributed by atoms with Gasteiger partial charge in [0.05, 0.1) is 18.2 Å². The first kappa shape index (κ1) is 17.8. The van der Waals surface area contributed by atoms with Gasteiger partial charge in [0.25, 0.3) is 5.91 Å². The summed E-state index contributed by atoms with van der Waals surface area (Å²) in [5, 5.41) is 9.20. The van der Waals surface area contributed by atoms with E-state index in [0.29, 0.717) is 11.1 Å². The van der Waals surface area contributed by atoms with Crippen molar-refractivity contribution < 1.29 is 24.2 Å². The lowest BCUT2D eigenvalue weighted by atomic mass is 9.97. The average Bonchev–Trinajstić information content (AvgIpc) is 2.67. The molecule has 2 atom stereocenters. The lowest BCUT2D eigenvalue weighted by Crippen LogP contribution is -2.52. The topological polar surface area (TPSA) is 83.9 Å². The Bertz CT molecular complexity index is 833. The van der Waals surface area contributed by atoms with Crippen molar-refractivity contribution in [3.63, 3.8) is 0 Å². The minimum absolute atomic E-state index is 0.0492. The van der Waals surface area contributed by atoms with Gasteiger partial charge in [0.1, 0.15) is 0 Å². The van der Waals surface area contributed by atoms with Crippen molar-refractivity contribution >= 4 is 17.7 Å². The molecule has 1 aliphatic rings. The first-order chi connectivity index (χ1) is 12.5. The van der Waals surface area contributed by atoms with E-state index in [4.69, 9.17) is 4.74 Å². The third-order valence-electron chi connectivity index (χ3n) is 4.26. The number of carboxylic acid groups (broad SMARTS) is 1. The molecule has 134 valence electrons. The van der Waals surface area contributed by atoms with E-state index >= 15 is 0 Å². The van der Waals surface area contributed by atoms with E-state index in [-0.39, 0.29) is 30.3 Å². The van der Waals surface area contributed by atoms with Crippen molar-refractivity contribution in [1.29, 1.82) is 0 Å². The molecule has 26 heavy (non-hydrogen) atoms. The molecule has 0 aliphatic carbocycles. The van der Waals surface area contributed by atoms with Crippen molar-refractivity contribution in [1.82, 2.24) is 4.90 Å². The Morgan fingerprint density at radius 2 is 1.58 bits per heavy atom. The summed E-state index contributed by atoms with van der Waals surface area (Å²) in [6.07, 6.45) is -1.47. The minimum atomic E-state index is -1.11. The zero-order valence-corrected chi connectivity index (χ0v) is 14.3. The molecular weight excluding hydrogens is 334 g/mol.